The fraction of sp³-hybridized carbons (Fsp3) is 0.571. The molecule has 2 rings (SSSR count). The third-order valence-electron chi connectivity index (χ3n) is 3.55. The number of hydrogen-bond acceptors (Lipinski definition) is 3. The van der Waals surface area contributed by atoms with Gasteiger partial charge in [0.15, 0.2) is 0 Å². The maximum atomic E-state index is 9.58. The monoisotopic (exact) mass is 235 g/mol. The van der Waals surface area contributed by atoms with Gasteiger partial charge >= 0.3 is 0 Å². The predicted molar refractivity (Wildman–Crippen MR) is 67.8 cm³/mol. The SMILES string of the molecule is OC[C@@H]1C[C@H](O)CCN1CCc1ccccc1. The molecule has 0 bridgehead atoms. The summed E-state index contributed by atoms with van der Waals surface area (Å²) in [6, 6.07) is 10.5. The molecule has 1 heterocycles. The summed E-state index contributed by atoms with van der Waals surface area (Å²) in [7, 11) is 0. The minimum absolute atomic E-state index is 0.127. The van der Waals surface area contributed by atoms with Crippen LogP contribution in [-0.2, 0) is 6.42 Å². The van der Waals surface area contributed by atoms with Crippen molar-refractivity contribution in [2.45, 2.75) is 31.4 Å². The number of piperidine rings is 1. The summed E-state index contributed by atoms with van der Waals surface area (Å²) in [5.41, 5.74) is 1.33. The Kier molecular flexibility index (Phi) is 4.54. The van der Waals surface area contributed by atoms with Gasteiger partial charge in [0.2, 0.25) is 0 Å². The Morgan fingerprint density at radius 1 is 1.24 bits per heavy atom. The summed E-state index contributed by atoms with van der Waals surface area (Å²) >= 11 is 0. The number of aliphatic hydroxyl groups is 2. The fourth-order valence-corrected chi connectivity index (χ4v) is 2.48. The highest BCUT2D eigenvalue weighted by atomic mass is 16.3. The second kappa shape index (κ2) is 6.15. The molecule has 1 aromatic rings. The van der Waals surface area contributed by atoms with E-state index in [1.54, 1.807) is 0 Å². The maximum Gasteiger partial charge on any atom is 0.0587 e. The first-order valence-corrected chi connectivity index (χ1v) is 6.36. The van der Waals surface area contributed by atoms with Crippen molar-refractivity contribution in [1.82, 2.24) is 4.90 Å². The zero-order valence-electron chi connectivity index (χ0n) is 10.1. The quantitative estimate of drug-likeness (QED) is 0.820. The molecule has 0 unspecified atom stereocenters. The smallest absolute Gasteiger partial charge is 0.0587 e. The molecule has 0 amide bonds. The summed E-state index contributed by atoms with van der Waals surface area (Å²) in [6.45, 7) is 1.99. The molecular weight excluding hydrogens is 214 g/mol. The molecule has 1 aliphatic heterocycles. The van der Waals surface area contributed by atoms with E-state index in [-0.39, 0.29) is 18.8 Å². The number of likely N-dealkylation sites (tertiary alicyclic amines) is 1. The van der Waals surface area contributed by atoms with E-state index in [4.69, 9.17) is 0 Å². The lowest BCUT2D eigenvalue weighted by Gasteiger charge is -2.36. The molecule has 0 aromatic heterocycles. The molecule has 1 fully saturated rings. The van der Waals surface area contributed by atoms with Gasteiger partial charge in [0.05, 0.1) is 12.7 Å². The van der Waals surface area contributed by atoms with Crippen LogP contribution >= 0.6 is 0 Å². The van der Waals surface area contributed by atoms with Gasteiger partial charge in [0, 0.05) is 19.1 Å². The molecule has 17 heavy (non-hydrogen) atoms. The van der Waals surface area contributed by atoms with Crippen LogP contribution in [0.5, 0.6) is 0 Å². The Balaban J connectivity index is 1.85. The average molecular weight is 235 g/mol. The van der Waals surface area contributed by atoms with Crippen molar-refractivity contribution in [1.29, 1.82) is 0 Å². The lowest BCUT2D eigenvalue weighted by atomic mass is 9.99. The van der Waals surface area contributed by atoms with Crippen molar-refractivity contribution in [3.8, 4) is 0 Å². The van der Waals surface area contributed by atoms with Crippen LogP contribution in [0.25, 0.3) is 0 Å². The van der Waals surface area contributed by atoms with E-state index in [0.717, 1.165) is 25.9 Å². The van der Waals surface area contributed by atoms with Crippen LogP contribution in [0.2, 0.25) is 0 Å². The molecule has 94 valence electrons. The van der Waals surface area contributed by atoms with Gasteiger partial charge in [0.25, 0.3) is 0 Å². The summed E-state index contributed by atoms with van der Waals surface area (Å²) in [4.78, 5) is 2.29. The largest absolute Gasteiger partial charge is 0.395 e. The van der Waals surface area contributed by atoms with Crippen LogP contribution in [0.15, 0.2) is 30.3 Å². The molecular formula is C14H21NO2. The Morgan fingerprint density at radius 3 is 2.71 bits per heavy atom. The molecule has 3 heteroatoms. The third-order valence-corrected chi connectivity index (χ3v) is 3.55. The number of hydrogen-bond donors (Lipinski definition) is 2. The van der Waals surface area contributed by atoms with Crippen LogP contribution < -0.4 is 0 Å². The minimum Gasteiger partial charge on any atom is -0.395 e. The van der Waals surface area contributed by atoms with E-state index in [2.05, 4.69) is 29.2 Å². The van der Waals surface area contributed by atoms with Gasteiger partial charge in [-0.25, -0.2) is 0 Å². The van der Waals surface area contributed by atoms with Crippen LogP contribution in [0, 0.1) is 0 Å². The van der Waals surface area contributed by atoms with Crippen molar-refractivity contribution in [3.05, 3.63) is 35.9 Å². The molecule has 2 N–H and O–H groups in total. The van der Waals surface area contributed by atoms with Crippen molar-refractivity contribution in [2.75, 3.05) is 19.7 Å². The average Bonchev–Trinajstić information content (AvgIpc) is 2.38. The van der Waals surface area contributed by atoms with Crippen LogP contribution in [0.3, 0.4) is 0 Å². The Bertz CT molecular complexity index is 328. The van der Waals surface area contributed by atoms with Gasteiger partial charge in [-0.05, 0) is 24.8 Å². The zero-order valence-corrected chi connectivity index (χ0v) is 10.1. The van der Waals surface area contributed by atoms with Crippen molar-refractivity contribution >= 4 is 0 Å². The van der Waals surface area contributed by atoms with Gasteiger partial charge in [-0.1, -0.05) is 30.3 Å². The number of rotatable bonds is 4. The Labute approximate surface area is 103 Å². The van der Waals surface area contributed by atoms with E-state index >= 15 is 0 Å². The summed E-state index contributed by atoms with van der Waals surface area (Å²) in [5.74, 6) is 0. The summed E-state index contributed by atoms with van der Waals surface area (Å²) in [5, 5.41) is 18.9. The Morgan fingerprint density at radius 2 is 2.00 bits per heavy atom. The zero-order chi connectivity index (χ0) is 12.1. The van der Waals surface area contributed by atoms with E-state index in [0.29, 0.717) is 6.42 Å². The van der Waals surface area contributed by atoms with Gasteiger partial charge in [-0.2, -0.15) is 0 Å². The first-order chi connectivity index (χ1) is 8.29. The predicted octanol–water partition coefficient (Wildman–Crippen LogP) is 1.05. The second-order valence-electron chi connectivity index (χ2n) is 4.79. The molecule has 0 saturated carbocycles. The van der Waals surface area contributed by atoms with E-state index in [1.165, 1.54) is 5.56 Å². The van der Waals surface area contributed by atoms with Gasteiger partial charge in [0.1, 0.15) is 0 Å². The molecule has 2 atom stereocenters. The molecule has 0 radical (unpaired) electrons. The van der Waals surface area contributed by atoms with Crippen molar-refractivity contribution in [2.24, 2.45) is 0 Å². The maximum absolute atomic E-state index is 9.58. The second-order valence-corrected chi connectivity index (χ2v) is 4.79. The number of nitrogens with zero attached hydrogens (tertiary/aromatic N) is 1. The molecule has 1 aliphatic rings. The third kappa shape index (κ3) is 3.53. The fourth-order valence-electron chi connectivity index (χ4n) is 2.48. The van der Waals surface area contributed by atoms with Gasteiger partial charge in [-0.3, -0.25) is 4.90 Å². The molecule has 1 saturated heterocycles. The first-order valence-electron chi connectivity index (χ1n) is 6.36. The van der Waals surface area contributed by atoms with Crippen molar-refractivity contribution < 1.29 is 10.2 Å². The highest BCUT2D eigenvalue weighted by molar-refractivity contribution is 5.14. The van der Waals surface area contributed by atoms with Crippen LogP contribution in [0.4, 0.5) is 0 Å². The van der Waals surface area contributed by atoms with Crippen LogP contribution in [-0.4, -0.2) is 47.0 Å². The van der Waals surface area contributed by atoms with E-state index in [1.807, 2.05) is 6.07 Å². The van der Waals surface area contributed by atoms with Crippen LogP contribution in [0.1, 0.15) is 18.4 Å². The first kappa shape index (κ1) is 12.6. The molecule has 1 aromatic carbocycles. The highest BCUT2D eigenvalue weighted by Crippen LogP contribution is 2.17. The lowest BCUT2D eigenvalue weighted by Crippen LogP contribution is -2.47. The summed E-state index contributed by atoms with van der Waals surface area (Å²) in [6.07, 6.45) is 2.30. The topological polar surface area (TPSA) is 43.7 Å². The number of benzene rings is 1. The standard InChI is InChI=1S/C14H21NO2/c16-11-13-10-14(17)7-9-15(13)8-6-12-4-2-1-3-5-12/h1-5,13-14,16-17H,6-11H2/t13-,14+/m0/s1. The van der Waals surface area contributed by atoms with Crippen molar-refractivity contribution in [3.63, 3.8) is 0 Å². The van der Waals surface area contributed by atoms with E-state index < -0.39 is 0 Å². The highest BCUT2D eigenvalue weighted by Gasteiger charge is 2.26. The minimum atomic E-state index is -0.236. The number of aliphatic hydroxyl groups excluding tert-OH is 2. The lowest BCUT2D eigenvalue weighted by molar-refractivity contribution is 0.0177. The van der Waals surface area contributed by atoms with Gasteiger partial charge < -0.3 is 10.2 Å². The van der Waals surface area contributed by atoms with E-state index in [9.17, 15) is 10.2 Å². The summed E-state index contributed by atoms with van der Waals surface area (Å²) < 4.78 is 0. The normalized spacial score (nSPS) is 26.0. The molecule has 3 nitrogen and oxygen atoms in total. The molecule has 0 aliphatic carbocycles. The molecule has 0 spiro atoms. The Hall–Kier alpha value is -0.900. The van der Waals surface area contributed by atoms with Gasteiger partial charge in [-0.15, -0.1) is 0 Å².